The van der Waals surface area contributed by atoms with E-state index in [-0.39, 0.29) is 30.2 Å². The summed E-state index contributed by atoms with van der Waals surface area (Å²) in [5, 5.41) is 2.74. The number of amides is 1. The van der Waals surface area contributed by atoms with Gasteiger partial charge < -0.3 is 14.1 Å². The second kappa shape index (κ2) is 8.83. The predicted molar refractivity (Wildman–Crippen MR) is 114 cm³/mol. The first-order valence-electron chi connectivity index (χ1n) is 10.4. The molecule has 1 aliphatic heterocycles. The lowest BCUT2D eigenvalue weighted by Crippen LogP contribution is -2.39. The number of fused-ring (bicyclic) bond motifs is 1. The standard InChI is InChI=1S/C23H24FN3O4/c1-14(2)30-23(28)27-9-7-15(8-10-27)22-26-20-6-5-17(12-21(20)31-22)16-3-4-18(13-25-29)19(24)11-16/h3-6,11-12,14-15H,7-10,13H2,1-2H3. The van der Waals surface area contributed by atoms with E-state index in [4.69, 9.17) is 9.15 Å². The summed E-state index contributed by atoms with van der Waals surface area (Å²) in [7, 11) is 0. The molecule has 0 atom stereocenters. The highest BCUT2D eigenvalue weighted by atomic mass is 19.1. The van der Waals surface area contributed by atoms with Crippen LogP contribution >= 0.6 is 0 Å². The van der Waals surface area contributed by atoms with E-state index in [2.05, 4.69) is 10.2 Å². The number of hydrogen-bond donors (Lipinski definition) is 0. The summed E-state index contributed by atoms with van der Waals surface area (Å²) in [6.07, 6.45) is 1.09. The summed E-state index contributed by atoms with van der Waals surface area (Å²) in [4.78, 5) is 28.8. The molecule has 2 heterocycles. The van der Waals surface area contributed by atoms with Gasteiger partial charge in [0.15, 0.2) is 11.5 Å². The molecule has 0 spiro atoms. The number of benzene rings is 2. The molecule has 7 nitrogen and oxygen atoms in total. The van der Waals surface area contributed by atoms with Crippen LogP contribution in [0.1, 0.15) is 44.1 Å². The van der Waals surface area contributed by atoms with Gasteiger partial charge in [0.2, 0.25) is 0 Å². The zero-order valence-corrected chi connectivity index (χ0v) is 17.5. The van der Waals surface area contributed by atoms with Gasteiger partial charge in [-0.15, -0.1) is 0 Å². The van der Waals surface area contributed by atoms with Gasteiger partial charge in [0.1, 0.15) is 17.9 Å². The number of carbonyl (C=O) groups excluding carboxylic acids is 1. The minimum atomic E-state index is -0.460. The van der Waals surface area contributed by atoms with Crippen LogP contribution in [0.25, 0.3) is 22.2 Å². The smallest absolute Gasteiger partial charge is 0.410 e. The van der Waals surface area contributed by atoms with Crippen molar-refractivity contribution < 1.29 is 18.3 Å². The molecule has 0 bridgehead atoms. The third-order valence-electron chi connectivity index (χ3n) is 5.47. The number of likely N-dealkylation sites (tertiary alicyclic amines) is 1. The molecule has 3 aromatic rings. The largest absolute Gasteiger partial charge is 0.447 e. The van der Waals surface area contributed by atoms with Crippen molar-refractivity contribution in [2.75, 3.05) is 13.1 Å². The Morgan fingerprint density at radius 1 is 1.23 bits per heavy atom. The average Bonchev–Trinajstić information content (AvgIpc) is 3.18. The summed E-state index contributed by atoms with van der Waals surface area (Å²) in [6.45, 7) is 4.68. The highest BCUT2D eigenvalue weighted by Gasteiger charge is 2.28. The number of piperidine rings is 1. The van der Waals surface area contributed by atoms with Crippen LogP contribution in [-0.2, 0) is 11.3 Å². The van der Waals surface area contributed by atoms with Crippen LogP contribution in [0.5, 0.6) is 0 Å². The van der Waals surface area contributed by atoms with Crippen LogP contribution in [0, 0.1) is 10.7 Å². The van der Waals surface area contributed by atoms with E-state index in [0.29, 0.717) is 30.1 Å². The zero-order valence-electron chi connectivity index (χ0n) is 17.5. The highest BCUT2D eigenvalue weighted by molar-refractivity contribution is 5.80. The number of nitroso groups, excluding NO2 is 1. The van der Waals surface area contributed by atoms with E-state index in [9.17, 15) is 14.1 Å². The lowest BCUT2D eigenvalue weighted by atomic mass is 9.97. The van der Waals surface area contributed by atoms with Crippen molar-refractivity contribution in [1.82, 2.24) is 9.88 Å². The summed E-state index contributed by atoms with van der Waals surface area (Å²) in [5.41, 5.74) is 3.12. The lowest BCUT2D eigenvalue weighted by Gasteiger charge is -2.30. The molecule has 162 valence electrons. The maximum Gasteiger partial charge on any atom is 0.410 e. The molecule has 0 saturated carbocycles. The van der Waals surface area contributed by atoms with Gasteiger partial charge >= 0.3 is 6.09 Å². The van der Waals surface area contributed by atoms with Crippen molar-refractivity contribution in [3.63, 3.8) is 0 Å². The second-order valence-corrected chi connectivity index (χ2v) is 8.02. The summed E-state index contributed by atoms with van der Waals surface area (Å²) < 4.78 is 25.5. The first-order valence-corrected chi connectivity index (χ1v) is 10.4. The fraction of sp³-hybridized carbons (Fsp3) is 0.391. The SMILES string of the molecule is CC(C)OC(=O)N1CCC(c2nc3ccc(-c4ccc(CN=O)c(F)c4)cc3o2)CC1. The number of nitrogens with zero attached hydrogens (tertiary/aromatic N) is 3. The topological polar surface area (TPSA) is 85.0 Å². The predicted octanol–water partition coefficient (Wildman–Crippen LogP) is 5.62. The van der Waals surface area contributed by atoms with E-state index in [0.717, 1.165) is 23.9 Å². The molecule has 2 aromatic carbocycles. The van der Waals surface area contributed by atoms with E-state index in [1.165, 1.54) is 6.07 Å². The Morgan fingerprint density at radius 3 is 2.61 bits per heavy atom. The molecular weight excluding hydrogens is 401 g/mol. The molecule has 8 heteroatoms. The lowest BCUT2D eigenvalue weighted by molar-refractivity contribution is 0.0681. The monoisotopic (exact) mass is 425 g/mol. The van der Waals surface area contributed by atoms with Gasteiger partial charge in [-0.1, -0.05) is 23.4 Å². The molecule has 0 N–H and O–H groups in total. The maximum atomic E-state index is 14.2. The van der Waals surface area contributed by atoms with E-state index >= 15 is 0 Å². The van der Waals surface area contributed by atoms with Gasteiger partial charge in [-0.3, -0.25) is 0 Å². The van der Waals surface area contributed by atoms with Crippen molar-refractivity contribution in [2.24, 2.45) is 5.18 Å². The summed E-state index contributed by atoms with van der Waals surface area (Å²) in [6, 6.07) is 10.3. The first kappa shape index (κ1) is 21.0. The Kier molecular flexibility index (Phi) is 5.97. The molecule has 1 fully saturated rings. The number of hydrogen-bond acceptors (Lipinski definition) is 6. The van der Waals surface area contributed by atoms with Crippen molar-refractivity contribution in [3.8, 4) is 11.1 Å². The molecule has 1 aliphatic rings. The molecule has 4 rings (SSSR count). The number of rotatable bonds is 5. The number of halogens is 1. The summed E-state index contributed by atoms with van der Waals surface area (Å²) >= 11 is 0. The minimum Gasteiger partial charge on any atom is -0.447 e. The molecule has 1 aromatic heterocycles. The van der Waals surface area contributed by atoms with Crippen LogP contribution in [0.3, 0.4) is 0 Å². The van der Waals surface area contributed by atoms with Gasteiger partial charge in [0.25, 0.3) is 0 Å². The maximum absolute atomic E-state index is 14.2. The first-order chi connectivity index (χ1) is 14.9. The van der Waals surface area contributed by atoms with Gasteiger partial charge in [-0.05, 0) is 56.0 Å². The zero-order chi connectivity index (χ0) is 22.0. The Balaban J connectivity index is 1.49. The fourth-order valence-corrected chi connectivity index (χ4v) is 3.81. The fourth-order valence-electron chi connectivity index (χ4n) is 3.81. The Labute approximate surface area is 179 Å². The van der Waals surface area contributed by atoms with Crippen molar-refractivity contribution in [2.45, 2.75) is 45.3 Å². The second-order valence-electron chi connectivity index (χ2n) is 8.02. The Morgan fingerprint density at radius 2 is 1.94 bits per heavy atom. The van der Waals surface area contributed by atoms with Crippen LogP contribution in [0.2, 0.25) is 0 Å². The van der Waals surface area contributed by atoms with Gasteiger partial charge in [0, 0.05) is 24.6 Å². The number of aromatic nitrogens is 1. The average molecular weight is 425 g/mol. The van der Waals surface area contributed by atoms with Crippen molar-refractivity contribution in [3.05, 3.63) is 58.6 Å². The Bertz CT molecular complexity index is 1100. The number of oxazole rings is 1. The van der Waals surface area contributed by atoms with Crippen molar-refractivity contribution in [1.29, 1.82) is 0 Å². The number of carbonyl (C=O) groups is 1. The normalized spacial score (nSPS) is 14.9. The molecular formula is C23H24FN3O4. The minimum absolute atomic E-state index is 0.131. The Hall–Kier alpha value is -3.29. The third-order valence-corrected chi connectivity index (χ3v) is 5.47. The third kappa shape index (κ3) is 4.57. The molecule has 1 saturated heterocycles. The molecule has 31 heavy (non-hydrogen) atoms. The van der Waals surface area contributed by atoms with Gasteiger partial charge in [-0.2, -0.15) is 4.91 Å². The summed E-state index contributed by atoms with van der Waals surface area (Å²) in [5.74, 6) is 0.326. The van der Waals surface area contributed by atoms with Crippen molar-refractivity contribution >= 4 is 17.2 Å². The van der Waals surface area contributed by atoms with E-state index < -0.39 is 5.82 Å². The van der Waals surface area contributed by atoms with Crippen LogP contribution in [0.15, 0.2) is 46.0 Å². The van der Waals surface area contributed by atoms with Gasteiger partial charge in [-0.25, -0.2) is 14.2 Å². The highest BCUT2D eigenvalue weighted by Crippen LogP contribution is 2.32. The molecule has 0 unspecified atom stereocenters. The van der Waals surface area contributed by atoms with Crippen LogP contribution in [0.4, 0.5) is 9.18 Å². The van der Waals surface area contributed by atoms with Gasteiger partial charge in [0.05, 0.1) is 6.10 Å². The van der Waals surface area contributed by atoms with E-state index in [1.54, 1.807) is 17.0 Å². The van der Waals surface area contributed by atoms with E-state index in [1.807, 2.05) is 32.0 Å². The number of ether oxygens (including phenoxy) is 1. The van der Waals surface area contributed by atoms with Crippen LogP contribution < -0.4 is 0 Å². The molecule has 0 aliphatic carbocycles. The molecule has 1 amide bonds. The van der Waals surface area contributed by atoms with Crippen LogP contribution in [-0.4, -0.2) is 35.2 Å². The quantitative estimate of drug-likeness (QED) is 0.495. The molecule has 0 radical (unpaired) electrons.